The fourth-order valence-corrected chi connectivity index (χ4v) is 5.53. The predicted molar refractivity (Wildman–Crippen MR) is 124 cm³/mol. The maximum Gasteiger partial charge on any atom is 0.280 e. The minimum absolute atomic E-state index is 0.0585. The second-order valence-electron chi connectivity index (χ2n) is 8.16. The molecule has 1 aliphatic heterocycles. The smallest absolute Gasteiger partial charge is 0.280 e. The highest BCUT2D eigenvalue weighted by Crippen LogP contribution is 2.29. The van der Waals surface area contributed by atoms with Crippen LogP contribution in [-0.4, -0.2) is 41.1 Å². The molecule has 0 spiro atoms. The Labute approximate surface area is 197 Å². The topological polar surface area (TPSA) is 84.3 Å². The van der Waals surface area contributed by atoms with E-state index in [1.54, 1.807) is 6.20 Å². The van der Waals surface area contributed by atoms with Gasteiger partial charge in [-0.2, -0.15) is 17.4 Å². The number of imidazole rings is 1. The summed E-state index contributed by atoms with van der Waals surface area (Å²) in [5, 5.41) is -0.0802. The Bertz CT molecular complexity index is 1280. The number of aromatic nitrogens is 2. The number of ketones is 1. The van der Waals surface area contributed by atoms with Gasteiger partial charge in [-0.15, -0.1) is 0 Å². The van der Waals surface area contributed by atoms with Crippen molar-refractivity contribution in [2.75, 3.05) is 7.05 Å². The molecule has 2 atom stereocenters. The van der Waals surface area contributed by atoms with Gasteiger partial charge in [0.05, 0.1) is 17.1 Å². The zero-order valence-electron chi connectivity index (χ0n) is 18.2. The Hall–Kier alpha value is -2.59. The van der Waals surface area contributed by atoms with Crippen LogP contribution in [0, 0.1) is 5.82 Å². The molecule has 1 aromatic heterocycles. The molecule has 7 nitrogen and oxygen atoms in total. The van der Waals surface area contributed by atoms with Gasteiger partial charge in [0.15, 0.2) is 5.78 Å². The van der Waals surface area contributed by atoms with Crippen LogP contribution < -0.4 is 4.72 Å². The molecule has 2 heterocycles. The average Bonchev–Trinajstić information content (AvgIpc) is 3.13. The monoisotopic (exact) mass is 490 g/mol. The van der Waals surface area contributed by atoms with Crippen LogP contribution in [0.5, 0.6) is 0 Å². The van der Waals surface area contributed by atoms with Gasteiger partial charge < -0.3 is 4.57 Å². The largest absolute Gasteiger partial charge is 0.333 e. The number of hydrogen-bond donors (Lipinski definition) is 1. The molecule has 10 heteroatoms. The quantitative estimate of drug-likeness (QED) is 0.575. The van der Waals surface area contributed by atoms with Crippen molar-refractivity contribution in [2.24, 2.45) is 7.05 Å². The lowest BCUT2D eigenvalue weighted by atomic mass is 9.98. The normalized spacial score (nSPS) is 20.6. The highest BCUT2D eigenvalue weighted by atomic mass is 35.5. The number of nitrogens with one attached hydrogen (secondary N) is 1. The molecule has 2 aromatic carbocycles. The first kappa shape index (κ1) is 23.6. The zero-order chi connectivity index (χ0) is 23.8. The van der Waals surface area contributed by atoms with E-state index in [2.05, 4.69) is 9.71 Å². The molecule has 174 valence electrons. The predicted octanol–water partition coefficient (Wildman–Crippen LogP) is 3.19. The molecule has 1 fully saturated rings. The van der Waals surface area contributed by atoms with E-state index >= 15 is 0 Å². The summed E-state index contributed by atoms with van der Waals surface area (Å²) in [5.41, 5.74) is 2.56. The summed E-state index contributed by atoms with van der Waals surface area (Å²) in [4.78, 5) is 17.5. The Morgan fingerprint density at radius 1 is 1.18 bits per heavy atom. The van der Waals surface area contributed by atoms with Crippen LogP contribution in [0.25, 0.3) is 0 Å². The SMILES string of the molecule is CN1C(C(=O)Cc2ccc(F)c(Cl)c2)CC(c2ncc(Cc3ccccc3)n2C)NS1(=O)=O. The van der Waals surface area contributed by atoms with E-state index in [1.165, 1.54) is 25.2 Å². The van der Waals surface area contributed by atoms with Crippen LogP contribution in [0.3, 0.4) is 0 Å². The molecule has 33 heavy (non-hydrogen) atoms. The number of nitrogens with zero attached hydrogens (tertiary/aromatic N) is 3. The first-order valence-corrected chi connectivity index (χ1v) is 12.2. The van der Waals surface area contributed by atoms with Crippen LogP contribution in [0.15, 0.2) is 54.7 Å². The maximum absolute atomic E-state index is 13.4. The van der Waals surface area contributed by atoms with Gasteiger partial charge in [0.2, 0.25) is 0 Å². The van der Waals surface area contributed by atoms with Crippen molar-refractivity contribution in [3.05, 3.63) is 88.2 Å². The molecule has 1 saturated heterocycles. The average molecular weight is 491 g/mol. The van der Waals surface area contributed by atoms with Gasteiger partial charge in [0, 0.05) is 38.8 Å². The number of benzene rings is 2. The second kappa shape index (κ2) is 9.34. The summed E-state index contributed by atoms with van der Waals surface area (Å²) in [7, 11) is -0.693. The molecular weight excluding hydrogens is 467 g/mol. The van der Waals surface area contributed by atoms with Crippen LogP contribution in [0.1, 0.15) is 35.1 Å². The number of halogens is 2. The van der Waals surface area contributed by atoms with E-state index in [1.807, 2.05) is 41.9 Å². The van der Waals surface area contributed by atoms with Crippen molar-refractivity contribution in [3.63, 3.8) is 0 Å². The molecule has 3 aromatic rings. The third-order valence-electron chi connectivity index (χ3n) is 5.96. The summed E-state index contributed by atoms with van der Waals surface area (Å²) in [6.45, 7) is 0. The fourth-order valence-electron chi connectivity index (χ4n) is 4.07. The number of rotatable bonds is 6. The summed E-state index contributed by atoms with van der Waals surface area (Å²) < 4.78 is 44.6. The summed E-state index contributed by atoms with van der Waals surface area (Å²) >= 11 is 5.82. The van der Waals surface area contributed by atoms with Crippen LogP contribution in [0.4, 0.5) is 4.39 Å². The number of carbonyl (C=O) groups is 1. The number of carbonyl (C=O) groups excluding carboxylic acids is 1. The molecule has 1 N–H and O–H groups in total. The van der Waals surface area contributed by atoms with Crippen molar-refractivity contribution in [1.29, 1.82) is 0 Å². The number of likely N-dealkylation sites (N-methyl/N-ethyl adjacent to an activating group) is 1. The Morgan fingerprint density at radius 2 is 1.91 bits per heavy atom. The number of Topliss-reactive ketones (excluding diaryl/α,β-unsaturated/α-hetero) is 1. The lowest BCUT2D eigenvalue weighted by Crippen LogP contribution is -2.55. The minimum atomic E-state index is -3.90. The molecular formula is C23H24ClFN4O3S. The summed E-state index contributed by atoms with van der Waals surface area (Å²) in [6, 6.07) is 12.4. The Balaban J connectivity index is 1.56. The second-order valence-corrected chi connectivity index (χ2v) is 10.3. The third kappa shape index (κ3) is 5.01. The van der Waals surface area contributed by atoms with E-state index in [0.717, 1.165) is 15.6 Å². The fraction of sp³-hybridized carbons (Fsp3) is 0.304. The van der Waals surface area contributed by atoms with Gasteiger partial charge in [0.25, 0.3) is 10.2 Å². The van der Waals surface area contributed by atoms with E-state index in [4.69, 9.17) is 11.6 Å². The summed E-state index contributed by atoms with van der Waals surface area (Å²) in [6.07, 6.45) is 2.54. The van der Waals surface area contributed by atoms with Gasteiger partial charge in [-0.05, 0) is 29.7 Å². The lowest BCUT2D eigenvalue weighted by molar-refractivity contribution is -0.122. The van der Waals surface area contributed by atoms with Gasteiger partial charge >= 0.3 is 0 Å². The molecule has 0 radical (unpaired) electrons. The maximum atomic E-state index is 13.4. The molecule has 4 rings (SSSR count). The van der Waals surface area contributed by atoms with Gasteiger partial charge in [0.1, 0.15) is 11.6 Å². The van der Waals surface area contributed by atoms with Crippen LogP contribution in [-0.2, 0) is 34.9 Å². The standard InChI is InChI=1S/C23H24ClFN4O3S/c1-28-17(10-15-6-4-3-5-7-15)14-26-23(28)20-13-21(29(2)33(31,32)27-20)22(30)12-16-8-9-19(25)18(24)11-16/h3-9,11,14,20-21,27H,10,12-13H2,1-2H3. The first-order chi connectivity index (χ1) is 15.7. The summed E-state index contributed by atoms with van der Waals surface area (Å²) in [5.74, 6) is -0.329. The first-order valence-electron chi connectivity index (χ1n) is 10.4. The zero-order valence-corrected chi connectivity index (χ0v) is 19.8. The van der Waals surface area contributed by atoms with E-state index in [0.29, 0.717) is 17.8 Å². The molecule has 1 aliphatic rings. The highest BCUT2D eigenvalue weighted by molar-refractivity contribution is 7.87. The van der Waals surface area contributed by atoms with E-state index in [-0.39, 0.29) is 23.6 Å². The molecule has 2 unspecified atom stereocenters. The van der Waals surface area contributed by atoms with Crippen LogP contribution in [0.2, 0.25) is 5.02 Å². The minimum Gasteiger partial charge on any atom is -0.333 e. The Morgan fingerprint density at radius 3 is 2.61 bits per heavy atom. The molecule has 0 amide bonds. The molecule has 0 aliphatic carbocycles. The highest BCUT2D eigenvalue weighted by Gasteiger charge is 2.41. The van der Waals surface area contributed by atoms with E-state index in [9.17, 15) is 17.6 Å². The van der Waals surface area contributed by atoms with Crippen molar-refractivity contribution in [1.82, 2.24) is 18.6 Å². The van der Waals surface area contributed by atoms with Crippen molar-refractivity contribution in [3.8, 4) is 0 Å². The van der Waals surface area contributed by atoms with Crippen LogP contribution >= 0.6 is 11.6 Å². The Kier molecular flexibility index (Phi) is 6.67. The third-order valence-corrected chi connectivity index (χ3v) is 7.85. The van der Waals surface area contributed by atoms with Gasteiger partial charge in [-0.25, -0.2) is 9.37 Å². The van der Waals surface area contributed by atoms with E-state index < -0.39 is 28.1 Å². The number of hydrogen-bond acceptors (Lipinski definition) is 4. The van der Waals surface area contributed by atoms with Crippen molar-refractivity contribution >= 4 is 27.6 Å². The van der Waals surface area contributed by atoms with Crippen molar-refractivity contribution < 1.29 is 17.6 Å². The molecule has 0 saturated carbocycles. The van der Waals surface area contributed by atoms with Gasteiger partial charge in [-0.1, -0.05) is 48.0 Å². The molecule has 0 bridgehead atoms. The van der Waals surface area contributed by atoms with Gasteiger partial charge in [-0.3, -0.25) is 4.79 Å². The van der Waals surface area contributed by atoms with Crippen molar-refractivity contribution in [2.45, 2.75) is 31.3 Å². The lowest BCUT2D eigenvalue weighted by Gasteiger charge is -2.36.